The molecule has 0 aliphatic carbocycles. The lowest BCUT2D eigenvalue weighted by Crippen LogP contribution is -1.89. The molecular weight excluding hydrogens is 158 g/mol. The highest BCUT2D eigenvalue weighted by Crippen LogP contribution is 2.12. The maximum atomic E-state index is 10.2. The Kier molecular flexibility index (Phi) is 3.93. The molecule has 0 amide bonds. The molecule has 1 aromatic rings. The lowest BCUT2D eigenvalue weighted by atomic mass is 10.2. The van der Waals surface area contributed by atoms with Crippen molar-refractivity contribution in [2.45, 2.75) is 14.0 Å². The summed E-state index contributed by atoms with van der Waals surface area (Å²) in [7, 11) is 0. The van der Waals surface area contributed by atoms with Crippen molar-refractivity contribution in [1.29, 1.82) is 0 Å². The van der Waals surface area contributed by atoms with Crippen molar-refractivity contribution in [2.24, 2.45) is 0 Å². The maximum Gasteiger partial charge on any atom is 0.269 e. The van der Waals surface area contributed by atoms with E-state index in [1.54, 1.807) is 12.1 Å². The van der Waals surface area contributed by atoms with Gasteiger partial charge in [0.2, 0.25) is 0 Å². The summed E-state index contributed by atoms with van der Waals surface area (Å²) in [4.78, 5) is 9.71. The van der Waals surface area contributed by atoms with E-state index in [0.29, 0.717) is 5.56 Å². The fraction of sp³-hybridized carbons (Fsp3) is 0.250. The first kappa shape index (κ1) is 10.6. The van der Waals surface area contributed by atoms with Gasteiger partial charge in [-0.25, -0.2) is 0 Å². The van der Waals surface area contributed by atoms with E-state index in [0.717, 1.165) is 0 Å². The van der Waals surface area contributed by atoms with Gasteiger partial charge in [0.05, 0.1) is 11.5 Å². The molecule has 0 aliphatic rings. The number of benzene rings is 1. The van der Waals surface area contributed by atoms with E-state index < -0.39 is 4.92 Å². The predicted molar refractivity (Wildman–Crippen MR) is 45.8 cm³/mol. The number of hydrogen-bond acceptors (Lipinski definition) is 3. The third-order valence-corrected chi connectivity index (χ3v) is 1.30. The molecule has 0 fully saturated rings. The zero-order valence-electron chi connectivity index (χ0n) is 5.73. The fourth-order valence-corrected chi connectivity index (χ4v) is 0.768. The van der Waals surface area contributed by atoms with Crippen LogP contribution in [0.15, 0.2) is 24.3 Å². The van der Waals surface area contributed by atoms with E-state index in [4.69, 9.17) is 5.11 Å². The normalized spacial score (nSPS) is 8.75. The lowest BCUT2D eigenvalue weighted by molar-refractivity contribution is -0.384. The van der Waals surface area contributed by atoms with E-state index in [-0.39, 0.29) is 19.7 Å². The molecule has 66 valence electrons. The Balaban J connectivity index is 0.00000121. The van der Waals surface area contributed by atoms with Gasteiger partial charge in [-0.1, -0.05) is 19.6 Å². The molecule has 12 heavy (non-hydrogen) atoms. The highest BCUT2D eigenvalue weighted by atomic mass is 16.6. The van der Waals surface area contributed by atoms with Crippen molar-refractivity contribution in [3.8, 4) is 0 Å². The smallest absolute Gasteiger partial charge is 0.269 e. The molecule has 1 aromatic carbocycles. The maximum absolute atomic E-state index is 10.2. The van der Waals surface area contributed by atoms with Crippen molar-refractivity contribution in [2.75, 3.05) is 0 Å². The number of aliphatic hydroxyl groups excluding tert-OH is 1. The molecule has 0 aromatic heterocycles. The third-order valence-electron chi connectivity index (χ3n) is 1.30. The van der Waals surface area contributed by atoms with Crippen LogP contribution in [0.4, 0.5) is 5.69 Å². The van der Waals surface area contributed by atoms with Gasteiger partial charge in [-0.2, -0.15) is 0 Å². The fourth-order valence-electron chi connectivity index (χ4n) is 0.768. The standard InChI is InChI=1S/C7H7NO3.CH4/c9-5-6-2-1-3-7(4-6)8(10)11;/h1-4,9H,5H2;1H4. The van der Waals surface area contributed by atoms with E-state index in [1.807, 2.05) is 0 Å². The Bertz CT molecular complexity index is 273. The van der Waals surface area contributed by atoms with E-state index in [1.165, 1.54) is 12.1 Å². The third kappa shape index (κ3) is 2.32. The predicted octanol–water partition coefficient (Wildman–Crippen LogP) is 1.72. The summed E-state index contributed by atoms with van der Waals surface area (Å²) in [5.74, 6) is 0. The van der Waals surface area contributed by atoms with E-state index in [2.05, 4.69) is 0 Å². The first-order chi connectivity index (χ1) is 5.24. The molecule has 0 radical (unpaired) electrons. The van der Waals surface area contributed by atoms with Gasteiger partial charge in [0.1, 0.15) is 0 Å². The average Bonchev–Trinajstić information content (AvgIpc) is 2.05. The number of hydrogen-bond donors (Lipinski definition) is 1. The van der Waals surface area contributed by atoms with Crippen LogP contribution in [0.1, 0.15) is 13.0 Å². The molecule has 4 heteroatoms. The SMILES string of the molecule is C.O=[N+]([O-])c1cccc(CO)c1. The Labute approximate surface area is 70.6 Å². The van der Waals surface area contributed by atoms with Crippen LogP contribution in [0.3, 0.4) is 0 Å². The van der Waals surface area contributed by atoms with Crippen molar-refractivity contribution >= 4 is 5.69 Å². The molecule has 1 rings (SSSR count). The summed E-state index contributed by atoms with van der Waals surface area (Å²) >= 11 is 0. The molecule has 0 aliphatic heterocycles. The van der Waals surface area contributed by atoms with Crippen molar-refractivity contribution < 1.29 is 10.0 Å². The molecule has 0 spiro atoms. The van der Waals surface area contributed by atoms with Crippen LogP contribution in [0.5, 0.6) is 0 Å². The topological polar surface area (TPSA) is 63.4 Å². The van der Waals surface area contributed by atoms with Gasteiger partial charge in [-0.05, 0) is 5.56 Å². The van der Waals surface area contributed by atoms with Gasteiger partial charge in [0.25, 0.3) is 5.69 Å². The summed E-state index contributed by atoms with van der Waals surface area (Å²) in [6.45, 7) is -0.165. The number of rotatable bonds is 2. The molecule has 0 unspecified atom stereocenters. The molecule has 0 saturated carbocycles. The van der Waals surface area contributed by atoms with Gasteiger partial charge < -0.3 is 5.11 Å². The van der Waals surface area contributed by atoms with Gasteiger partial charge in [0, 0.05) is 12.1 Å². The van der Waals surface area contributed by atoms with Crippen molar-refractivity contribution in [3.63, 3.8) is 0 Å². The minimum Gasteiger partial charge on any atom is -0.392 e. The number of nitro groups is 1. The monoisotopic (exact) mass is 169 g/mol. The summed E-state index contributed by atoms with van der Waals surface area (Å²) in [5.41, 5.74) is 0.566. The molecule has 0 bridgehead atoms. The highest BCUT2D eigenvalue weighted by Gasteiger charge is 2.03. The second-order valence-electron chi connectivity index (χ2n) is 2.09. The summed E-state index contributed by atoms with van der Waals surface area (Å²) in [6, 6.07) is 5.91. The van der Waals surface area contributed by atoms with Gasteiger partial charge in [0.15, 0.2) is 0 Å². The first-order valence-electron chi connectivity index (χ1n) is 3.08. The largest absolute Gasteiger partial charge is 0.392 e. The second-order valence-corrected chi connectivity index (χ2v) is 2.09. The summed E-state index contributed by atoms with van der Waals surface area (Å²) < 4.78 is 0. The van der Waals surface area contributed by atoms with Crippen LogP contribution >= 0.6 is 0 Å². The van der Waals surface area contributed by atoms with E-state index in [9.17, 15) is 10.1 Å². The quantitative estimate of drug-likeness (QED) is 0.541. The molecule has 0 saturated heterocycles. The van der Waals surface area contributed by atoms with Crippen LogP contribution in [-0.2, 0) is 6.61 Å². The Morgan fingerprint density at radius 2 is 2.17 bits per heavy atom. The minimum atomic E-state index is -0.487. The Morgan fingerprint density at radius 3 is 2.67 bits per heavy atom. The summed E-state index contributed by atoms with van der Waals surface area (Å²) in [5, 5.41) is 18.8. The van der Waals surface area contributed by atoms with Gasteiger partial charge in [-0.15, -0.1) is 0 Å². The molecular formula is C8H11NO3. The van der Waals surface area contributed by atoms with Crippen LogP contribution in [0, 0.1) is 10.1 Å². The lowest BCUT2D eigenvalue weighted by Gasteiger charge is -1.93. The highest BCUT2D eigenvalue weighted by molar-refractivity contribution is 5.33. The Hall–Kier alpha value is -1.42. The van der Waals surface area contributed by atoms with Gasteiger partial charge >= 0.3 is 0 Å². The van der Waals surface area contributed by atoms with Crippen LogP contribution < -0.4 is 0 Å². The number of nitro benzene ring substituents is 1. The number of non-ortho nitro benzene ring substituents is 1. The van der Waals surface area contributed by atoms with Gasteiger partial charge in [-0.3, -0.25) is 10.1 Å². The second kappa shape index (κ2) is 4.46. The van der Waals surface area contributed by atoms with Crippen LogP contribution in [0.25, 0.3) is 0 Å². The van der Waals surface area contributed by atoms with Crippen LogP contribution in [-0.4, -0.2) is 10.0 Å². The molecule has 0 atom stereocenters. The molecule has 0 heterocycles. The van der Waals surface area contributed by atoms with E-state index >= 15 is 0 Å². The zero-order valence-corrected chi connectivity index (χ0v) is 5.73. The van der Waals surface area contributed by atoms with Crippen molar-refractivity contribution in [1.82, 2.24) is 0 Å². The Morgan fingerprint density at radius 1 is 1.50 bits per heavy atom. The zero-order chi connectivity index (χ0) is 8.27. The molecule has 4 nitrogen and oxygen atoms in total. The first-order valence-corrected chi connectivity index (χ1v) is 3.08. The minimum absolute atomic E-state index is 0. The number of nitrogens with zero attached hydrogens (tertiary/aromatic N) is 1. The van der Waals surface area contributed by atoms with Crippen LogP contribution in [0.2, 0.25) is 0 Å². The van der Waals surface area contributed by atoms with Crippen molar-refractivity contribution in [3.05, 3.63) is 39.9 Å². The molecule has 1 N–H and O–H groups in total. The number of aliphatic hydroxyl groups is 1. The average molecular weight is 169 g/mol. The summed E-state index contributed by atoms with van der Waals surface area (Å²) in [6.07, 6.45) is 0.